The van der Waals surface area contributed by atoms with Crippen molar-refractivity contribution in [3.63, 3.8) is 0 Å². The predicted molar refractivity (Wildman–Crippen MR) is 300 cm³/mol. The fraction of sp³-hybridized carbons (Fsp3) is 0.434. The molecule has 0 amide bonds. The topological polar surface area (TPSA) is 261 Å². The van der Waals surface area contributed by atoms with Crippen LogP contribution in [-0.4, -0.2) is 176 Å². The SMILES string of the molecule is COC1=CC2=c3c(ccc4c3=CN(/C=C/N3CCC(C5CCN(CCCN6C=Cc7ccc8c(c7=C6)=C6C=C(OC)C=CC6N8C)CC5)CC3)C=C4)N(C)C2C=C1.CS(=O)(=O)O.CS(=O)(=O)O.CS(=O)(=O)[O-].CS(=O)(=O)[O-]. The van der Waals surface area contributed by atoms with Crippen LogP contribution in [-0.2, 0) is 49.9 Å². The summed E-state index contributed by atoms with van der Waals surface area (Å²) in [7, 11) is -7.27. The van der Waals surface area contributed by atoms with E-state index in [0.29, 0.717) is 25.0 Å². The number of likely N-dealkylation sites (N-methyl/N-ethyl adjacent to an activating group) is 2. The van der Waals surface area contributed by atoms with Gasteiger partial charge in [-0.3, -0.25) is 9.11 Å². The number of fused-ring (bicyclic) bond motifs is 8. The highest BCUT2D eigenvalue weighted by Gasteiger charge is 2.32. The number of methoxy groups -OCH3 is 2. The quantitative estimate of drug-likeness (QED) is 0.341. The van der Waals surface area contributed by atoms with Crippen molar-refractivity contribution >= 4 is 87.5 Å². The summed E-state index contributed by atoms with van der Waals surface area (Å²) < 4.78 is 117. The molecule has 77 heavy (non-hydrogen) atoms. The van der Waals surface area contributed by atoms with Crippen molar-refractivity contribution in [2.24, 2.45) is 11.8 Å². The van der Waals surface area contributed by atoms with Crippen LogP contribution in [0.25, 0.3) is 35.7 Å². The Hall–Kier alpha value is -5.70. The van der Waals surface area contributed by atoms with Gasteiger partial charge in [0, 0.05) is 116 Å². The molecule has 0 bridgehead atoms. The highest BCUT2D eigenvalue weighted by molar-refractivity contribution is 7.85. The van der Waals surface area contributed by atoms with Crippen LogP contribution in [0.3, 0.4) is 0 Å². The molecule has 422 valence electrons. The van der Waals surface area contributed by atoms with Gasteiger partial charge in [0.15, 0.2) is 0 Å². The van der Waals surface area contributed by atoms with E-state index < -0.39 is 40.5 Å². The Bertz CT molecular complexity index is 3320. The van der Waals surface area contributed by atoms with Gasteiger partial charge in [0.2, 0.25) is 0 Å². The molecule has 2 saturated heterocycles. The summed E-state index contributed by atoms with van der Waals surface area (Å²) in [4.78, 5) is 14.7. The second kappa shape index (κ2) is 25.4. The number of benzene rings is 2. The third-order valence-corrected chi connectivity index (χ3v) is 13.9. The van der Waals surface area contributed by atoms with Crippen molar-refractivity contribution in [3.05, 3.63) is 129 Å². The Balaban J connectivity index is 0.000000413. The van der Waals surface area contributed by atoms with Crippen molar-refractivity contribution in [2.45, 2.75) is 44.2 Å². The van der Waals surface area contributed by atoms with E-state index in [1.807, 2.05) is 0 Å². The van der Waals surface area contributed by atoms with Crippen molar-refractivity contribution in [1.29, 1.82) is 0 Å². The van der Waals surface area contributed by atoms with Gasteiger partial charge >= 0.3 is 0 Å². The van der Waals surface area contributed by atoms with Gasteiger partial charge in [-0.2, -0.15) is 16.8 Å². The Morgan fingerprint density at radius 3 is 1.45 bits per heavy atom. The van der Waals surface area contributed by atoms with Crippen LogP contribution in [0.5, 0.6) is 0 Å². The number of likely N-dealkylation sites (tertiary alicyclic amines) is 2. The first-order chi connectivity index (χ1) is 35.9. The van der Waals surface area contributed by atoms with E-state index in [-0.39, 0.29) is 12.1 Å². The van der Waals surface area contributed by atoms with Gasteiger partial charge in [-0.15, -0.1) is 0 Å². The molecule has 0 aromatic heterocycles. The summed E-state index contributed by atoms with van der Waals surface area (Å²) in [5.41, 5.74) is 7.80. The molecular weight excluding hydrogens is 1070 g/mol. The second-order valence-corrected chi connectivity index (χ2v) is 25.6. The molecule has 2 aromatic rings. The zero-order valence-electron chi connectivity index (χ0n) is 44.6. The lowest BCUT2D eigenvalue weighted by molar-refractivity contribution is 0.109. The van der Waals surface area contributed by atoms with E-state index in [1.165, 1.54) is 106 Å². The fourth-order valence-corrected chi connectivity index (χ4v) is 10.6. The molecule has 2 atom stereocenters. The molecule has 0 saturated carbocycles. The zero-order valence-corrected chi connectivity index (χ0v) is 47.9. The molecule has 8 aliphatic rings. The van der Waals surface area contributed by atoms with Crippen molar-refractivity contribution in [1.82, 2.24) is 19.6 Å². The summed E-state index contributed by atoms with van der Waals surface area (Å²) >= 11 is 0. The Morgan fingerprint density at radius 1 is 0.597 bits per heavy atom. The van der Waals surface area contributed by atoms with Crippen LogP contribution in [0.1, 0.15) is 43.2 Å². The molecule has 2 fully saturated rings. The standard InChI is InChI=1S/C49H56N6O2.4CH4O3S/c1-50-44-12-8-38(56-3)30-40(44)48-42-32-54(26-18-36(42)6-10-46(48)50)21-5-20-52-22-14-34(15-23-52)35-16-24-53(25-17-35)28-29-55-27-19-37-7-11-47-49(43(37)33-55)41-31-39(57-4)9-13-45(41)51(47)2;4*1-5(2,3)4/h6-13,18-19,26-35,44-45H,5,14-17,20-25H2,1-4H3;4*1H3,(H,2,3,4)/p-2/b29-28+;;;;. The first-order valence-electron chi connectivity index (χ1n) is 24.8. The highest BCUT2D eigenvalue weighted by Crippen LogP contribution is 2.34. The average Bonchev–Trinajstić information content (AvgIpc) is 3.81. The number of piperidine rings is 2. The lowest BCUT2D eigenvalue weighted by atomic mass is 9.79. The minimum absolute atomic E-state index is 0.248. The van der Waals surface area contributed by atoms with Gasteiger partial charge in [0.1, 0.15) is 11.5 Å². The summed E-state index contributed by atoms with van der Waals surface area (Å²) in [5, 5.41) is 5.30. The number of ether oxygens (including phenoxy) is 2. The van der Waals surface area contributed by atoms with Gasteiger partial charge < -0.3 is 48.0 Å². The van der Waals surface area contributed by atoms with E-state index in [2.05, 4.69) is 154 Å². The molecule has 6 aliphatic heterocycles. The molecule has 2 unspecified atom stereocenters. The van der Waals surface area contributed by atoms with Gasteiger partial charge in [-0.25, -0.2) is 16.8 Å². The molecule has 10 rings (SSSR count). The van der Waals surface area contributed by atoms with Gasteiger partial charge in [0.05, 0.1) is 59.1 Å². The second-order valence-electron chi connectivity index (χ2n) is 19.8. The van der Waals surface area contributed by atoms with E-state index in [0.717, 1.165) is 43.0 Å². The summed E-state index contributed by atoms with van der Waals surface area (Å²) in [6.45, 7) is 7.00. The molecule has 20 nitrogen and oxygen atoms in total. The minimum Gasteiger partial charge on any atom is -0.748 e. The highest BCUT2D eigenvalue weighted by atomic mass is 32.2. The fourth-order valence-electron chi connectivity index (χ4n) is 10.6. The van der Waals surface area contributed by atoms with Crippen LogP contribution in [0.15, 0.2) is 97.0 Å². The predicted octanol–water partition coefficient (Wildman–Crippen LogP) is 2.19. The molecule has 2 aliphatic carbocycles. The average molecular weight is 1140 g/mol. The smallest absolute Gasteiger partial charge is 0.261 e. The maximum atomic E-state index is 9.19. The van der Waals surface area contributed by atoms with E-state index >= 15 is 0 Å². The van der Waals surface area contributed by atoms with E-state index in [1.54, 1.807) is 14.2 Å². The van der Waals surface area contributed by atoms with Crippen molar-refractivity contribution in [3.8, 4) is 0 Å². The van der Waals surface area contributed by atoms with Crippen LogP contribution in [0.4, 0.5) is 11.4 Å². The number of nitrogens with zero attached hydrogens (tertiary/aromatic N) is 6. The third kappa shape index (κ3) is 17.9. The maximum Gasteiger partial charge on any atom is 0.261 e. The zero-order chi connectivity index (χ0) is 56.6. The largest absolute Gasteiger partial charge is 0.748 e. The molecule has 6 heterocycles. The Labute approximate surface area is 453 Å². The molecular formula is C53H70N6O14S4-2. The number of hydrogen-bond donors (Lipinski definition) is 2. The monoisotopic (exact) mass is 1140 g/mol. The Kier molecular flexibility index (Phi) is 20.0. The summed E-state index contributed by atoms with van der Waals surface area (Å²) in [6, 6.07) is 9.58. The molecule has 24 heteroatoms. The first kappa shape index (κ1) is 60.5. The maximum absolute atomic E-state index is 9.19. The summed E-state index contributed by atoms with van der Waals surface area (Å²) in [6.07, 6.45) is 40.5. The molecule has 2 aromatic carbocycles. The Morgan fingerprint density at radius 2 is 1.01 bits per heavy atom. The minimum atomic E-state index is -3.92. The van der Waals surface area contributed by atoms with Gasteiger partial charge in [-0.05, 0) is 134 Å². The van der Waals surface area contributed by atoms with Gasteiger partial charge in [-0.1, -0.05) is 24.3 Å². The number of rotatable bonds is 9. The molecule has 0 radical (unpaired) electrons. The van der Waals surface area contributed by atoms with Gasteiger partial charge in [0.25, 0.3) is 20.2 Å². The lowest BCUT2D eigenvalue weighted by Gasteiger charge is -2.40. The van der Waals surface area contributed by atoms with Crippen molar-refractivity contribution in [2.75, 3.05) is 102 Å². The first-order valence-corrected chi connectivity index (χ1v) is 32.1. The van der Waals surface area contributed by atoms with Crippen LogP contribution < -0.4 is 30.7 Å². The van der Waals surface area contributed by atoms with E-state index in [9.17, 15) is 16.8 Å². The van der Waals surface area contributed by atoms with E-state index in [4.69, 9.17) is 44.5 Å². The molecule has 0 spiro atoms. The van der Waals surface area contributed by atoms with Crippen LogP contribution >= 0.6 is 0 Å². The lowest BCUT2D eigenvalue weighted by Crippen LogP contribution is -2.40. The number of anilines is 2. The van der Waals surface area contributed by atoms with Crippen LogP contribution in [0, 0.1) is 11.8 Å². The number of hydrogen-bond acceptors (Lipinski definition) is 18. The number of allylic oxidation sites excluding steroid dienone is 2. The third-order valence-electron chi connectivity index (χ3n) is 13.9. The van der Waals surface area contributed by atoms with Crippen LogP contribution in [0.2, 0.25) is 0 Å². The summed E-state index contributed by atoms with van der Waals surface area (Å²) in [5.74, 6) is 3.55. The molecule has 2 N–H and O–H groups in total. The van der Waals surface area contributed by atoms with Crippen molar-refractivity contribution < 1.29 is 61.4 Å². The normalized spacial score (nSPS) is 20.6.